The Morgan fingerprint density at radius 2 is 1.50 bits per heavy atom. The van der Waals surface area contributed by atoms with Gasteiger partial charge in [0.2, 0.25) is 0 Å². The average Bonchev–Trinajstić information content (AvgIpc) is 2.07. The number of aryl methyl sites for hydroxylation is 1. The van der Waals surface area contributed by atoms with Crippen molar-refractivity contribution in [2.45, 2.75) is 53.0 Å². The van der Waals surface area contributed by atoms with Crippen LogP contribution in [-0.2, 0) is 6.42 Å². The molecule has 1 heterocycles. The second kappa shape index (κ2) is 5.32. The fourth-order valence-electron chi connectivity index (χ4n) is 2.45. The average molecular weight is 290 g/mol. The van der Waals surface area contributed by atoms with E-state index < -0.39 is 0 Å². The molecule has 2 N–H and O–H groups in total. The van der Waals surface area contributed by atoms with Crippen LogP contribution in [0.3, 0.4) is 0 Å². The van der Waals surface area contributed by atoms with Crippen LogP contribution in [0.4, 0.5) is 0 Å². The quantitative estimate of drug-likeness (QED) is 0.858. The summed E-state index contributed by atoms with van der Waals surface area (Å²) < 4.78 is 0. The summed E-state index contributed by atoms with van der Waals surface area (Å²) in [5, 5.41) is 0.880. The molecule has 5 heteroatoms. The summed E-state index contributed by atoms with van der Waals surface area (Å²) >= 11 is 12.3. The summed E-state index contributed by atoms with van der Waals surface area (Å²) in [6.07, 6.45) is 1.58. The van der Waals surface area contributed by atoms with E-state index in [9.17, 15) is 0 Å². The Morgan fingerprint density at radius 1 is 1.06 bits per heavy atom. The number of rotatable bonds is 4. The van der Waals surface area contributed by atoms with E-state index in [1.54, 1.807) is 6.92 Å². The predicted octanol–water partition coefficient (Wildman–Crippen LogP) is 3.79. The van der Waals surface area contributed by atoms with E-state index in [2.05, 4.69) is 23.8 Å². The van der Waals surface area contributed by atoms with Gasteiger partial charge in [-0.15, -0.1) is 0 Å². The molecule has 0 aliphatic heterocycles. The fraction of sp³-hybridized carbons (Fsp3) is 0.692. The van der Waals surface area contributed by atoms with Crippen LogP contribution in [-0.4, -0.2) is 15.5 Å². The largest absolute Gasteiger partial charge is 0.326 e. The standard InChI is InChI=1S/C13H21Cl2N3/c1-8-17-10(14)9(11(15)18-8)6-12(2,3)7-13(4,5)16/h6-7,16H2,1-5H3. The fourth-order valence-corrected chi connectivity index (χ4v) is 3.06. The minimum absolute atomic E-state index is 0.00977. The molecule has 0 fully saturated rings. The molecule has 0 atom stereocenters. The van der Waals surface area contributed by atoms with E-state index in [0.717, 1.165) is 12.0 Å². The van der Waals surface area contributed by atoms with Gasteiger partial charge in [0.1, 0.15) is 16.1 Å². The normalized spacial score (nSPS) is 12.9. The van der Waals surface area contributed by atoms with E-state index in [-0.39, 0.29) is 11.0 Å². The van der Waals surface area contributed by atoms with Gasteiger partial charge in [0, 0.05) is 11.1 Å². The van der Waals surface area contributed by atoms with Crippen molar-refractivity contribution in [3.05, 3.63) is 21.7 Å². The maximum absolute atomic E-state index is 6.15. The van der Waals surface area contributed by atoms with Crippen LogP contribution in [0.15, 0.2) is 0 Å². The van der Waals surface area contributed by atoms with Gasteiger partial charge in [-0.05, 0) is 39.0 Å². The third kappa shape index (κ3) is 4.71. The number of hydrogen-bond acceptors (Lipinski definition) is 3. The minimum Gasteiger partial charge on any atom is -0.326 e. The second-order valence-corrected chi connectivity index (χ2v) is 7.05. The molecule has 3 nitrogen and oxygen atoms in total. The lowest BCUT2D eigenvalue weighted by Gasteiger charge is -2.32. The van der Waals surface area contributed by atoms with Gasteiger partial charge in [0.05, 0.1) is 0 Å². The van der Waals surface area contributed by atoms with Gasteiger partial charge in [-0.2, -0.15) is 0 Å². The Kier molecular flexibility index (Phi) is 4.63. The van der Waals surface area contributed by atoms with Gasteiger partial charge in [0.25, 0.3) is 0 Å². The highest BCUT2D eigenvalue weighted by molar-refractivity contribution is 6.34. The summed E-state index contributed by atoms with van der Waals surface area (Å²) in [4.78, 5) is 8.31. The zero-order valence-corrected chi connectivity index (χ0v) is 13.2. The first-order valence-electron chi connectivity index (χ1n) is 5.98. The minimum atomic E-state index is -0.228. The van der Waals surface area contributed by atoms with Crippen LogP contribution in [0.5, 0.6) is 0 Å². The highest BCUT2D eigenvalue weighted by Crippen LogP contribution is 2.34. The lowest BCUT2D eigenvalue weighted by Crippen LogP contribution is -2.38. The number of nitrogens with zero attached hydrogens (tertiary/aromatic N) is 2. The van der Waals surface area contributed by atoms with Gasteiger partial charge in [-0.25, -0.2) is 9.97 Å². The summed E-state index contributed by atoms with van der Waals surface area (Å²) in [5.74, 6) is 0.589. The molecule has 0 saturated carbocycles. The molecule has 1 aromatic rings. The molecule has 1 rings (SSSR count). The summed E-state index contributed by atoms with van der Waals surface area (Å²) in [7, 11) is 0. The molecule has 18 heavy (non-hydrogen) atoms. The SMILES string of the molecule is Cc1nc(Cl)c(CC(C)(C)CC(C)(C)N)c(Cl)n1. The third-order valence-electron chi connectivity index (χ3n) is 2.61. The Labute approximate surface area is 119 Å². The van der Waals surface area contributed by atoms with Gasteiger partial charge >= 0.3 is 0 Å². The molecule has 0 radical (unpaired) electrons. The first-order chi connectivity index (χ1) is 8.00. The Morgan fingerprint density at radius 3 is 1.89 bits per heavy atom. The van der Waals surface area contributed by atoms with Crippen LogP contribution in [0.2, 0.25) is 10.3 Å². The molecule has 0 aliphatic rings. The van der Waals surface area contributed by atoms with Crippen molar-refractivity contribution in [1.29, 1.82) is 0 Å². The first-order valence-corrected chi connectivity index (χ1v) is 6.73. The van der Waals surface area contributed by atoms with Crippen molar-refractivity contribution in [2.24, 2.45) is 11.1 Å². The third-order valence-corrected chi connectivity index (χ3v) is 3.23. The van der Waals surface area contributed by atoms with Crippen molar-refractivity contribution in [3.63, 3.8) is 0 Å². The maximum atomic E-state index is 6.15. The van der Waals surface area contributed by atoms with Crippen molar-refractivity contribution in [3.8, 4) is 0 Å². The highest BCUT2D eigenvalue weighted by atomic mass is 35.5. The maximum Gasteiger partial charge on any atom is 0.137 e. The number of halogens is 2. The molecule has 102 valence electrons. The van der Waals surface area contributed by atoms with E-state index in [1.807, 2.05) is 13.8 Å². The molecule has 0 aliphatic carbocycles. The molecule has 0 bridgehead atoms. The molecule has 0 spiro atoms. The molecule has 0 saturated heterocycles. The van der Waals surface area contributed by atoms with Crippen LogP contribution in [0, 0.1) is 12.3 Å². The van der Waals surface area contributed by atoms with Gasteiger partial charge < -0.3 is 5.73 Å². The summed E-state index contributed by atoms with van der Waals surface area (Å²) in [6, 6.07) is 0. The van der Waals surface area contributed by atoms with Crippen molar-refractivity contribution < 1.29 is 0 Å². The molecule has 0 unspecified atom stereocenters. The zero-order chi connectivity index (χ0) is 14.1. The molecular formula is C13H21Cl2N3. The Hall–Kier alpha value is -0.380. The van der Waals surface area contributed by atoms with Crippen molar-refractivity contribution in [2.75, 3.05) is 0 Å². The monoisotopic (exact) mass is 289 g/mol. The topological polar surface area (TPSA) is 51.8 Å². The number of nitrogens with two attached hydrogens (primary N) is 1. The van der Waals surface area contributed by atoms with Crippen LogP contribution in [0.25, 0.3) is 0 Å². The van der Waals surface area contributed by atoms with E-state index in [1.165, 1.54) is 0 Å². The lowest BCUT2D eigenvalue weighted by atomic mass is 9.77. The Balaban J connectivity index is 2.97. The van der Waals surface area contributed by atoms with Crippen molar-refractivity contribution >= 4 is 23.2 Å². The zero-order valence-electron chi connectivity index (χ0n) is 11.6. The highest BCUT2D eigenvalue weighted by Gasteiger charge is 2.28. The van der Waals surface area contributed by atoms with Crippen LogP contribution < -0.4 is 5.73 Å². The van der Waals surface area contributed by atoms with Crippen LogP contribution >= 0.6 is 23.2 Å². The lowest BCUT2D eigenvalue weighted by molar-refractivity contribution is 0.257. The molecular weight excluding hydrogens is 269 g/mol. The Bertz CT molecular complexity index is 413. The van der Waals surface area contributed by atoms with Crippen LogP contribution in [0.1, 0.15) is 45.5 Å². The summed E-state index contributed by atoms with van der Waals surface area (Å²) in [6.45, 7) is 10.1. The summed E-state index contributed by atoms with van der Waals surface area (Å²) in [5.41, 5.74) is 6.64. The van der Waals surface area contributed by atoms with Gasteiger partial charge in [0.15, 0.2) is 0 Å². The molecule has 1 aromatic heterocycles. The van der Waals surface area contributed by atoms with E-state index in [4.69, 9.17) is 28.9 Å². The number of hydrogen-bond donors (Lipinski definition) is 1. The molecule has 0 amide bonds. The molecule has 0 aromatic carbocycles. The number of aromatic nitrogens is 2. The predicted molar refractivity (Wildman–Crippen MR) is 77.2 cm³/mol. The van der Waals surface area contributed by atoms with E-state index in [0.29, 0.717) is 22.6 Å². The first kappa shape index (κ1) is 15.7. The second-order valence-electron chi connectivity index (χ2n) is 6.34. The van der Waals surface area contributed by atoms with Gasteiger partial charge in [-0.1, -0.05) is 37.0 Å². The van der Waals surface area contributed by atoms with E-state index >= 15 is 0 Å². The van der Waals surface area contributed by atoms with Crippen molar-refractivity contribution in [1.82, 2.24) is 9.97 Å². The van der Waals surface area contributed by atoms with Gasteiger partial charge in [-0.3, -0.25) is 0 Å². The smallest absolute Gasteiger partial charge is 0.137 e.